The van der Waals surface area contributed by atoms with Crippen LogP contribution in [0.15, 0.2) is 42.5 Å². The van der Waals surface area contributed by atoms with E-state index >= 15 is 0 Å². The van der Waals surface area contributed by atoms with E-state index in [0.29, 0.717) is 23.0 Å². The van der Waals surface area contributed by atoms with Crippen molar-refractivity contribution in [3.63, 3.8) is 0 Å². The summed E-state index contributed by atoms with van der Waals surface area (Å²) >= 11 is 5.92. The summed E-state index contributed by atoms with van der Waals surface area (Å²) in [7, 11) is 1.58. The fraction of sp³-hybridized carbons (Fsp3) is 0.211. The van der Waals surface area contributed by atoms with Gasteiger partial charge in [0.25, 0.3) is 0 Å². The molecule has 0 saturated carbocycles. The lowest BCUT2D eigenvalue weighted by Crippen LogP contribution is -2.27. The highest BCUT2D eigenvalue weighted by atomic mass is 35.5. The molecule has 2 aromatic rings. The summed E-state index contributed by atoms with van der Waals surface area (Å²) in [5, 5.41) is 21.4. The third-order valence-electron chi connectivity index (χ3n) is 3.32. The summed E-state index contributed by atoms with van der Waals surface area (Å²) in [5.74, 6) is -3.12. The van der Waals surface area contributed by atoms with Crippen molar-refractivity contribution >= 4 is 35.1 Å². The first-order chi connectivity index (χ1) is 13.2. The maximum absolute atomic E-state index is 12.0. The number of carbonyl (C=O) groups is 3. The van der Waals surface area contributed by atoms with E-state index in [1.807, 2.05) is 49.4 Å². The molecule has 0 radical (unpaired) electrons. The SMILES string of the molecule is COc1ccc(C)cc1NC(=O)CNCc1cccc(Cl)c1.O=C(O)C(=O)O. The minimum atomic E-state index is -1.82. The first-order valence-corrected chi connectivity index (χ1v) is 8.46. The van der Waals surface area contributed by atoms with Gasteiger partial charge in [-0.15, -0.1) is 0 Å². The van der Waals surface area contributed by atoms with Crippen molar-refractivity contribution in [2.24, 2.45) is 0 Å². The number of methoxy groups -OCH3 is 1. The van der Waals surface area contributed by atoms with Crippen molar-refractivity contribution in [3.8, 4) is 5.75 Å². The molecule has 0 unspecified atom stereocenters. The zero-order valence-electron chi connectivity index (χ0n) is 15.4. The Labute approximate surface area is 167 Å². The highest BCUT2D eigenvalue weighted by Gasteiger charge is 2.07. The Bertz CT molecular complexity index is 829. The van der Waals surface area contributed by atoms with Crippen LogP contribution < -0.4 is 15.4 Å². The quantitative estimate of drug-likeness (QED) is 0.541. The van der Waals surface area contributed by atoms with Crippen LogP contribution in [0, 0.1) is 6.92 Å². The third-order valence-corrected chi connectivity index (χ3v) is 3.55. The number of hydrogen-bond donors (Lipinski definition) is 4. The number of benzene rings is 2. The molecule has 0 fully saturated rings. The molecular formula is C19H21ClN2O6. The summed E-state index contributed by atoms with van der Waals surface area (Å²) in [6, 6.07) is 13.2. The highest BCUT2D eigenvalue weighted by Crippen LogP contribution is 2.24. The molecule has 0 bridgehead atoms. The first-order valence-electron chi connectivity index (χ1n) is 8.08. The Kier molecular flexibility index (Phi) is 9.49. The standard InChI is InChI=1S/C17H19ClN2O2.C2H2O4/c1-12-6-7-16(22-2)15(8-12)20-17(21)11-19-10-13-4-3-5-14(18)9-13;3-1(4)2(5)6/h3-9,19H,10-11H2,1-2H3,(H,20,21);(H,3,4)(H,5,6). The molecule has 9 heteroatoms. The second-order valence-corrected chi connectivity index (χ2v) is 6.03. The topological polar surface area (TPSA) is 125 Å². The number of carbonyl (C=O) groups excluding carboxylic acids is 1. The van der Waals surface area contributed by atoms with Gasteiger partial charge in [0.05, 0.1) is 19.3 Å². The van der Waals surface area contributed by atoms with Crippen molar-refractivity contribution in [2.75, 3.05) is 19.0 Å². The van der Waals surface area contributed by atoms with Gasteiger partial charge in [0, 0.05) is 11.6 Å². The Morgan fingerprint density at radius 2 is 1.75 bits per heavy atom. The monoisotopic (exact) mass is 408 g/mol. The van der Waals surface area contributed by atoms with E-state index in [-0.39, 0.29) is 12.5 Å². The number of carboxylic acid groups (broad SMARTS) is 2. The van der Waals surface area contributed by atoms with Crippen LogP contribution in [0.4, 0.5) is 5.69 Å². The van der Waals surface area contributed by atoms with E-state index in [1.54, 1.807) is 7.11 Å². The van der Waals surface area contributed by atoms with Gasteiger partial charge in [-0.3, -0.25) is 4.79 Å². The smallest absolute Gasteiger partial charge is 0.414 e. The molecule has 2 aromatic carbocycles. The maximum atomic E-state index is 12.0. The minimum absolute atomic E-state index is 0.120. The highest BCUT2D eigenvalue weighted by molar-refractivity contribution is 6.30. The molecule has 1 amide bonds. The molecule has 0 heterocycles. The number of anilines is 1. The van der Waals surface area contributed by atoms with Crippen molar-refractivity contribution in [2.45, 2.75) is 13.5 Å². The average Bonchev–Trinajstić information content (AvgIpc) is 2.62. The second-order valence-electron chi connectivity index (χ2n) is 5.60. The Hall–Kier alpha value is -3.10. The molecule has 2 rings (SSSR count). The van der Waals surface area contributed by atoms with Gasteiger partial charge < -0.3 is 25.6 Å². The molecule has 0 aliphatic carbocycles. The number of nitrogens with one attached hydrogen (secondary N) is 2. The minimum Gasteiger partial charge on any atom is -0.495 e. The zero-order chi connectivity index (χ0) is 21.1. The van der Waals surface area contributed by atoms with E-state index in [9.17, 15) is 4.79 Å². The number of halogens is 1. The zero-order valence-corrected chi connectivity index (χ0v) is 16.1. The van der Waals surface area contributed by atoms with Crippen molar-refractivity contribution in [1.29, 1.82) is 0 Å². The molecule has 0 aromatic heterocycles. The van der Waals surface area contributed by atoms with Crippen LogP contribution in [0.5, 0.6) is 5.75 Å². The Morgan fingerprint density at radius 3 is 2.32 bits per heavy atom. The van der Waals surface area contributed by atoms with Crippen molar-refractivity contribution in [1.82, 2.24) is 5.32 Å². The largest absolute Gasteiger partial charge is 0.495 e. The fourth-order valence-electron chi connectivity index (χ4n) is 2.08. The van der Waals surface area contributed by atoms with Crippen LogP contribution in [0.3, 0.4) is 0 Å². The van der Waals surface area contributed by atoms with Crippen LogP contribution in [0.1, 0.15) is 11.1 Å². The summed E-state index contributed by atoms with van der Waals surface area (Å²) in [4.78, 5) is 30.2. The van der Waals surface area contributed by atoms with Crippen molar-refractivity contribution in [3.05, 3.63) is 58.6 Å². The van der Waals surface area contributed by atoms with Gasteiger partial charge >= 0.3 is 11.9 Å². The lowest BCUT2D eigenvalue weighted by atomic mass is 10.2. The van der Waals surface area contributed by atoms with E-state index in [0.717, 1.165) is 11.1 Å². The number of carboxylic acids is 2. The first kappa shape index (κ1) is 22.9. The van der Waals surface area contributed by atoms with Gasteiger partial charge in [-0.2, -0.15) is 0 Å². The molecule has 0 atom stereocenters. The summed E-state index contributed by atoms with van der Waals surface area (Å²) in [6.07, 6.45) is 0. The van der Waals surface area contributed by atoms with E-state index in [4.69, 9.17) is 36.1 Å². The summed E-state index contributed by atoms with van der Waals surface area (Å²) in [5.41, 5.74) is 2.77. The van der Waals surface area contributed by atoms with Gasteiger partial charge in [-0.1, -0.05) is 29.8 Å². The Morgan fingerprint density at radius 1 is 1.07 bits per heavy atom. The van der Waals surface area contributed by atoms with Gasteiger partial charge in [0.1, 0.15) is 5.75 Å². The van der Waals surface area contributed by atoms with Crippen LogP contribution in [-0.4, -0.2) is 41.7 Å². The number of hydrogen-bond acceptors (Lipinski definition) is 5. The average molecular weight is 409 g/mol. The lowest BCUT2D eigenvalue weighted by molar-refractivity contribution is -0.159. The molecule has 4 N–H and O–H groups in total. The molecule has 0 aliphatic heterocycles. The van der Waals surface area contributed by atoms with Gasteiger partial charge in [0.2, 0.25) is 5.91 Å². The van der Waals surface area contributed by atoms with Crippen LogP contribution in [0.25, 0.3) is 0 Å². The van der Waals surface area contributed by atoms with E-state index in [1.165, 1.54) is 0 Å². The number of amides is 1. The van der Waals surface area contributed by atoms with Gasteiger partial charge in [0.15, 0.2) is 0 Å². The number of aliphatic carboxylic acids is 2. The summed E-state index contributed by atoms with van der Waals surface area (Å²) in [6.45, 7) is 2.76. The van der Waals surface area contributed by atoms with Crippen LogP contribution >= 0.6 is 11.6 Å². The number of aryl methyl sites for hydroxylation is 1. The molecule has 0 saturated heterocycles. The van der Waals surface area contributed by atoms with Crippen molar-refractivity contribution < 1.29 is 29.3 Å². The van der Waals surface area contributed by atoms with E-state index < -0.39 is 11.9 Å². The third kappa shape index (κ3) is 8.52. The predicted octanol–water partition coefficient (Wildman–Crippen LogP) is 2.54. The van der Waals surface area contributed by atoms with E-state index in [2.05, 4.69) is 10.6 Å². The van der Waals surface area contributed by atoms with Gasteiger partial charge in [-0.25, -0.2) is 9.59 Å². The Balaban J connectivity index is 0.000000568. The normalized spacial score (nSPS) is 9.68. The lowest BCUT2D eigenvalue weighted by Gasteiger charge is -2.11. The van der Waals surface area contributed by atoms with Crippen LogP contribution in [-0.2, 0) is 20.9 Å². The molecule has 28 heavy (non-hydrogen) atoms. The molecule has 150 valence electrons. The summed E-state index contributed by atoms with van der Waals surface area (Å²) < 4.78 is 5.24. The molecular weight excluding hydrogens is 388 g/mol. The number of rotatable bonds is 6. The fourth-order valence-corrected chi connectivity index (χ4v) is 2.29. The molecule has 0 aliphatic rings. The van der Waals surface area contributed by atoms with Gasteiger partial charge in [-0.05, 0) is 42.3 Å². The maximum Gasteiger partial charge on any atom is 0.414 e. The molecule has 8 nitrogen and oxygen atoms in total. The number of ether oxygens (including phenoxy) is 1. The van der Waals surface area contributed by atoms with Crippen LogP contribution in [0.2, 0.25) is 5.02 Å². The molecule has 0 spiro atoms. The predicted molar refractivity (Wildman–Crippen MR) is 105 cm³/mol. The second kappa shape index (κ2) is 11.6.